The number of hydrogen-bond donors (Lipinski definition) is 0. The molecule has 1 radical (unpaired) electrons. The summed E-state index contributed by atoms with van der Waals surface area (Å²) >= 11 is 0. The van der Waals surface area contributed by atoms with Crippen molar-refractivity contribution in [1.29, 1.82) is 0 Å². The maximum absolute atomic E-state index is 5.75. The largest absolute Gasteiger partial charge is 0.657 e. The van der Waals surface area contributed by atoms with Crippen LogP contribution in [0.5, 0.6) is 0 Å². The zero-order valence-electron chi connectivity index (χ0n) is 7.50. The topological polar surface area (TPSA) is 23.3 Å². The summed E-state index contributed by atoms with van der Waals surface area (Å²) in [5.41, 5.74) is 0. The second kappa shape index (κ2) is 4.72. The molecule has 0 saturated carbocycles. The molecule has 3 heteroatoms. The van der Waals surface area contributed by atoms with Crippen LogP contribution in [0.2, 0.25) is 0 Å². The van der Waals surface area contributed by atoms with Crippen molar-refractivity contribution in [2.75, 3.05) is 13.2 Å². The second-order valence-corrected chi connectivity index (χ2v) is 3.70. The van der Waals surface area contributed by atoms with Gasteiger partial charge in [-0.15, -0.1) is 12.6 Å². The van der Waals surface area contributed by atoms with E-state index in [0.29, 0.717) is 12.1 Å². The molecule has 0 spiro atoms. The number of hydrogen-bond acceptors (Lipinski definition) is 1. The van der Waals surface area contributed by atoms with Gasteiger partial charge in [-0.1, -0.05) is 13.3 Å². The predicted molar refractivity (Wildman–Crippen MR) is 44.8 cm³/mol. The first-order valence-electron chi connectivity index (χ1n) is 4.66. The van der Waals surface area contributed by atoms with Gasteiger partial charge in [0.2, 0.25) is 0 Å². The monoisotopic (exact) mass is 341 g/mol. The predicted octanol–water partition coefficient (Wildman–Crippen LogP) is 1.95. The van der Waals surface area contributed by atoms with Crippen LogP contribution in [0.3, 0.4) is 0 Å². The van der Waals surface area contributed by atoms with Crippen molar-refractivity contribution in [2.24, 2.45) is 5.92 Å². The number of fused-ring (bicyclic) bond motifs is 1. The molecule has 0 aliphatic carbocycles. The maximum atomic E-state index is 5.75. The van der Waals surface area contributed by atoms with Crippen LogP contribution in [0.25, 0.3) is 5.32 Å². The van der Waals surface area contributed by atoms with Gasteiger partial charge in [0, 0.05) is 33.1 Å². The quantitative estimate of drug-likeness (QED) is 0.661. The molecule has 0 aromatic rings. The Morgan fingerprint density at radius 2 is 2.17 bits per heavy atom. The standard InChI is InChI=1S/C9H16NO.Re/c1-7-9-8(6-10-7)4-2-3-5-11-9;/h7-9H,2-6H2,1H3;/q-1;. The fraction of sp³-hybridized carbons (Fsp3) is 1.00. The molecule has 2 heterocycles. The number of rotatable bonds is 0. The van der Waals surface area contributed by atoms with Gasteiger partial charge in [-0.25, -0.2) is 0 Å². The minimum atomic E-state index is 0. The molecule has 0 bridgehead atoms. The van der Waals surface area contributed by atoms with Crippen LogP contribution in [-0.4, -0.2) is 25.3 Å². The maximum Gasteiger partial charge on any atom is 0.0469 e. The normalized spacial score (nSPS) is 41.2. The first kappa shape index (κ1) is 10.7. The molecule has 12 heavy (non-hydrogen) atoms. The van der Waals surface area contributed by atoms with Crippen molar-refractivity contribution >= 4 is 0 Å². The fourth-order valence-corrected chi connectivity index (χ4v) is 2.16. The van der Waals surface area contributed by atoms with E-state index in [1.165, 1.54) is 19.3 Å². The SMILES string of the molecule is CC1[N-]CC2CCCCOC21.[Re]. The first-order chi connectivity index (χ1) is 5.38. The molecule has 0 amide bonds. The van der Waals surface area contributed by atoms with Gasteiger partial charge in [0.15, 0.2) is 0 Å². The van der Waals surface area contributed by atoms with E-state index < -0.39 is 0 Å². The zero-order chi connectivity index (χ0) is 7.68. The van der Waals surface area contributed by atoms with E-state index in [0.717, 1.165) is 19.1 Å². The molecule has 3 unspecified atom stereocenters. The van der Waals surface area contributed by atoms with E-state index in [9.17, 15) is 0 Å². The minimum absolute atomic E-state index is 0. The van der Waals surface area contributed by atoms with Crippen LogP contribution < -0.4 is 0 Å². The van der Waals surface area contributed by atoms with Gasteiger partial charge < -0.3 is 10.1 Å². The molecule has 2 fully saturated rings. The van der Waals surface area contributed by atoms with Crippen molar-refractivity contribution in [3.8, 4) is 0 Å². The van der Waals surface area contributed by atoms with Crippen LogP contribution >= 0.6 is 0 Å². The van der Waals surface area contributed by atoms with Crippen LogP contribution in [0, 0.1) is 5.92 Å². The smallest absolute Gasteiger partial charge is 0.0469 e. The van der Waals surface area contributed by atoms with Crippen LogP contribution in [0.15, 0.2) is 0 Å². The molecular formula is C9H16NORe-. The first-order valence-corrected chi connectivity index (χ1v) is 4.66. The van der Waals surface area contributed by atoms with Gasteiger partial charge in [0.05, 0.1) is 0 Å². The van der Waals surface area contributed by atoms with Gasteiger partial charge in [-0.05, 0) is 18.8 Å². The molecular weight excluding hydrogens is 324 g/mol. The van der Waals surface area contributed by atoms with Crippen LogP contribution in [-0.2, 0) is 25.2 Å². The van der Waals surface area contributed by atoms with Crippen LogP contribution in [0.1, 0.15) is 26.2 Å². The number of nitrogens with zero attached hydrogens (tertiary/aromatic N) is 1. The van der Waals surface area contributed by atoms with E-state index in [1.807, 2.05) is 0 Å². The molecule has 0 aromatic carbocycles. The van der Waals surface area contributed by atoms with Crippen LogP contribution in [0.4, 0.5) is 0 Å². The van der Waals surface area contributed by atoms with E-state index in [-0.39, 0.29) is 20.4 Å². The van der Waals surface area contributed by atoms with Crippen molar-refractivity contribution in [3.05, 3.63) is 5.32 Å². The van der Waals surface area contributed by atoms with E-state index in [4.69, 9.17) is 4.74 Å². The van der Waals surface area contributed by atoms with Gasteiger partial charge in [0.25, 0.3) is 0 Å². The third-order valence-corrected chi connectivity index (χ3v) is 2.85. The zero-order valence-corrected chi connectivity index (χ0v) is 10.2. The molecule has 2 nitrogen and oxygen atoms in total. The third-order valence-electron chi connectivity index (χ3n) is 2.85. The summed E-state index contributed by atoms with van der Waals surface area (Å²) in [6.45, 7) is 4.18. The van der Waals surface area contributed by atoms with E-state index in [2.05, 4.69) is 12.2 Å². The summed E-state index contributed by atoms with van der Waals surface area (Å²) in [5, 5.41) is 4.50. The Morgan fingerprint density at radius 3 is 3.00 bits per heavy atom. The Kier molecular flexibility index (Phi) is 4.19. The minimum Gasteiger partial charge on any atom is -0.657 e. The Bertz CT molecular complexity index is 142. The summed E-state index contributed by atoms with van der Waals surface area (Å²) in [5.74, 6) is 0.743. The van der Waals surface area contributed by atoms with Gasteiger partial charge in [0.1, 0.15) is 0 Å². The number of ether oxygens (including phenoxy) is 1. The molecule has 2 aliphatic rings. The van der Waals surface area contributed by atoms with E-state index >= 15 is 0 Å². The van der Waals surface area contributed by atoms with Crippen molar-refractivity contribution in [2.45, 2.75) is 38.3 Å². The second-order valence-electron chi connectivity index (χ2n) is 3.70. The van der Waals surface area contributed by atoms with Crippen molar-refractivity contribution < 1.29 is 25.2 Å². The fourth-order valence-electron chi connectivity index (χ4n) is 2.16. The van der Waals surface area contributed by atoms with Gasteiger partial charge in [-0.2, -0.15) is 0 Å². The summed E-state index contributed by atoms with van der Waals surface area (Å²) in [7, 11) is 0. The van der Waals surface area contributed by atoms with Crippen molar-refractivity contribution in [3.63, 3.8) is 0 Å². The summed E-state index contributed by atoms with van der Waals surface area (Å²) in [6, 6.07) is 0.457. The average molecular weight is 340 g/mol. The average Bonchev–Trinajstić information content (AvgIpc) is 2.25. The molecule has 0 N–H and O–H groups in total. The summed E-state index contributed by atoms with van der Waals surface area (Å²) < 4.78 is 5.75. The molecule has 0 aromatic heterocycles. The summed E-state index contributed by atoms with van der Waals surface area (Å²) in [4.78, 5) is 0. The Hall–Kier alpha value is 0.582. The Balaban J connectivity index is 0.000000720. The molecule has 2 aliphatic heterocycles. The third kappa shape index (κ3) is 2.09. The summed E-state index contributed by atoms with van der Waals surface area (Å²) in [6.07, 6.45) is 4.37. The molecule has 71 valence electrons. The van der Waals surface area contributed by atoms with Gasteiger partial charge >= 0.3 is 0 Å². The Labute approximate surface area is 88.1 Å². The molecule has 2 rings (SSSR count). The Morgan fingerprint density at radius 1 is 1.33 bits per heavy atom. The molecule has 2 saturated heterocycles. The van der Waals surface area contributed by atoms with Crippen molar-refractivity contribution in [1.82, 2.24) is 0 Å². The van der Waals surface area contributed by atoms with E-state index in [1.54, 1.807) is 0 Å². The van der Waals surface area contributed by atoms with Gasteiger partial charge in [-0.3, -0.25) is 0 Å². The molecule has 3 atom stereocenters.